The highest BCUT2D eigenvalue weighted by atomic mass is 35.5. The molecule has 0 amide bonds. The summed E-state index contributed by atoms with van der Waals surface area (Å²) in [4.78, 5) is 12.9. The third kappa shape index (κ3) is 5.82. The van der Waals surface area contributed by atoms with Crippen molar-refractivity contribution < 1.29 is 9.84 Å². The Hall–Kier alpha value is -3.40. The lowest BCUT2D eigenvalue weighted by Gasteiger charge is -2.15. The number of halogens is 1. The summed E-state index contributed by atoms with van der Waals surface area (Å²) < 4.78 is 5.76. The number of pyridine rings is 1. The van der Waals surface area contributed by atoms with Crippen LogP contribution in [0.4, 0.5) is 5.69 Å². The van der Waals surface area contributed by atoms with Crippen molar-refractivity contribution in [3.63, 3.8) is 0 Å². The molecule has 1 N–H and O–H groups in total. The summed E-state index contributed by atoms with van der Waals surface area (Å²) in [5.74, 6) is 0.655. The standard InChI is InChI=1S/C26H19ClN4O2S2/c1-29-23-22(17-6-3-2-4-7-17)21(14-28)26(31-24(23)33-13-5-12-32)35-16-20-15-34-25(30-20)18-8-10-19(27)11-9-18/h2-4,6-11,15,32H,5,12-13,16H2. The van der Waals surface area contributed by atoms with Gasteiger partial charge in [0.1, 0.15) is 16.1 Å². The number of hydrogen-bond acceptors (Lipinski definition) is 7. The first-order valence-corrected chi connectivity index (χ1v) is 12.9. The quantitative estimate of drug-likeness (QED) is 0.146. The lowest BCUT2D eigenvalue weighted by Crippen LogP contribution is -2.04. The Kier molecular flexibility index (Phi) is 8.36. The maximum Gasteiger partial charge on any atom is 0.256 e. The second-order valence-electron chi connectivity index (χ2n) is 7.28. The summed E-state index contributed by atoms with van der Waals surface area (Å²) in [7, 11) is 0. The van der Waals surface area contributed by atoms with Crippen molar-refractivity contribution >= 4 is 40.4 Å². The van der Waals surface area contributed by atoms with Crippen molar-refractivity contribution in [2.75, 3.05) is 13.2 Å². The number of thioether (sulfide) groups is 1. The second-order valence-corrected chi connectivity index (χ2v) is 9.53. The number of aromatic nitrogens is 2. The molecule has 2 aromatic heterocycles. The van der Waals surface area contributed by atoms with Gasteiger partial charge in [0.15, 0.2) is 0 Å². The van der Waals surface area contributed by atoms with Gasteiger partial charge in [0.2, 0.25) is 5.88 Å². The third-order valence-electron chi connectivity index (χ3n) is 4.93. The molecule has 0 aliphatic heterocycles. The smallest absolute Gasteiger partial charge is 0.256 e. The Labute approximate surface area is 216 Å². The van der Waals surface area contributed by atoms with Gasteiger partial charge in [0.25, 0.3) is 5.69 Å². The van der Waals surface area contributed by atoms with E-state index in [1.807, 2.05) is 60.0 Å². The largest absolute Gasteiger partial charge is 0.486 e. The first-order chi connectivity index (χ1) is 17.1. The lowest BCUT2D eigenvalue weighted by molar-refractivity contribution is 0.229. The maximum absolute atomic E-state index is 10.1. The fourth-order valence-electron chi connectivity index (χ4n) is 3.31. The molecule has 0 atom stereocenters. The van der Waals surface area contributed by atoms with Crippen LogP contribution in [0.2, 0.25) is 5.02 Å². The number of aliphatic hydroxyl groups is 1. The van der Waals surface area contributed by atoms with Crippen LogP contribution < -0.4 is 4.74 Å². The first kappa shape index (κ1) is 24.7. The van der Waals surface area contributed by atoms with E-state index in [2.05, 4.69) is 15.9 Å². The molecular weight excluding hydrogens is 500 g/mol. The molecule has 0 saturated heterocycles. The molecule has 6 nitrogen and oxygen atoms in total. The molecule has 0 spiro atoms. The van der Waals surface area contributed by atoms with E-state index in [4.69, 9.17) is 33.0 Å². The molecule has 0 bridgehead atoms. The molecule has 4 rings (SSSR count). The molecule has 2 heterocycles. The maximum atomic E-state index is 10.1. The minimum atomic E-state index is -0.0312. The van der Waals surface area contributed by atoms with E-state index in [1.165, 1.54) is 23.1 Å². The van der Waals surface area contributed by atoms with Gasteiger partial charge in [0, 0.05) is 40.3 Å². The molecule has 0 aliphatic carbocycles. The van der Waals surface area contributed by atoms with Crippen LogP contribution in [0.1, 0.15) is 17.7 Å². The van der Waals surface area contributed by atoms with Gasteiger partial charge in [-0.25, -0.2) is 14.8 Å². The highest BCUT2D eigenvalue weighted by Crippen LogP contribution is 2.44. The zero-order chi connectivity index (χ0) is 24.6. The zero-order valence-corrected chi connectivity index (χ0v) is 20.8. The summed E-state index contributed by atoms with van der Waals surface area (Å²) in [5.41, 5.74) is 3.60. The van der Waals surface area contributed by atoms with Gasteiger partial charge in [-0.15, -0.1) is 11.3 Å². The van der Waals surface area contributed by atoms with Gasteiger partial charge >= 0.3 is 0 Å². The number of hydrogen-bond donors (Lipinski definition) is 1. The van der Waals surface area contributed by atoms with Crippen LogP contribution >= 0.6 is 34.7 Å². The molecular formula is C26H19ClN4O2S2. The fraction of sp³-hybridized carbons (Fsp3) is 0.154. The molecule has 0 saturated carbocycles. The van der Waals surface area contributed by atoms with E-state index in [0.717, 1.165) is 21.8 Å². The minimum Gasteiger partial charge on any atom is -0.486 e. The number of rotatable bonds is 9. The van der Waals surface area contributed by atoms with Crippen molar-refractivity contribution in [3.8, 4) is 33.6 Å². The number of nitrogens with zero attached hydrogens (tertiary/aromatic N) is 4. The number of nitriles is 1. The van der Waals surface area contributed by atoms with E-state index in [9.17, 15) is 5.26 Å². The minimum absolute atomic E-state index is 0.0312. The number of thiazole rings is 1. The van der Waals surface area contributed by atoms with Crippen molar-refractivity contribution in [2.24, 2.45) is 0 Å². The number of benzene rings is 2. The summed E-state index contributed by atoms with van der Waals surface area (Å²) in [6.45, 7) is 7.94. The van der Waals surface area contributed by atoms with E-state index < -0.39 is 0 Å². The SMILES string of the molecule is [C-]#[N+]c1c(OCCCO)nc(SCc2csc(-c3ccc(Cl)cc3)n2)c(C#N)c1-c1ccccc1. The van der Waals surface area contributed by atoms with Crippen LogP contribution in [0, 0.1) is 17.9 Å². The lowest BCUT2D eigenvalue weighted by atomic mass is 10.0. The van der Waals surface area contributed by atoms with Gasteiger partial charge < -0.3 is 9.84 Å². The van der Waals surface area contributed by atoms with Gasteiger partial charge in [-0.2, -0.15) is 5.26 Å². The molecule has 0 aliphatic rings. The van der Waals surface area contributed by atoms with Crippen molar-refractivity contribution in [1.29, 1.82) is 5.26 Å². The van der Waals surface area contributed by atoms with Gasteiger partial charge in [-0.3, -0.25) is 0 Å². The topological polar surface area (TPSA) is 83.4 Å². The van der Waals surface area contributed by atoms with Gasteiger partial charge in [-0.1, -0.05) is 65.8 Å². The Balaban J connectivity index is 1.69. The van der Waals surface area contributed by atoms with Crippen LogP contribution in [0.15, 0.2) is 65.0 Å². The first-order valence-electron chi connectivity index (χ1n) is 10.6. The Morgan fingerprint density at radius 1 is 1.11 bits per heavy atom. The molecule has 0 radical (unpaired) electrons. The molecule has 174 valence electrons. The molecule has 9 heteroatoms. The summed E-state index contributed by atoms with van der Waals surface area (Å²) in [6, 6.07) is 19.1. The van der Waals surface area contributed by atoms with Crippen LogP contribution in [0.5, 0.6) is 5.88 Å². The summed E-state index contributed by atoms with van der Waals surface area (Å²) >= 11 is 8.90. The van der Waals surface area contributed by atoms with Crippen LogP contribution in [-0.4, -0.2) is 28.3 Å². The summed E-state index contributed by atoms with van der Waals surface area (Å²) in [6.07, 6.45) is 0.411. The molecule has 4 aromatic rings. The van der Waals surface area contributed by atoms with E-state index in [0.29, 0.717) is 33.3 Å². The van der Waals surface area contributed by atoms with E-state index in [-0.39, 0.29) is 24.8 Å². The predicted octanol–water partition coefficient (Wildman–Crippen LogP) is 7.00. The Morgan fingerprint density at radius 3 is 2.57 bits per heavy atom. The highest BCUT2D eigenvalue weighted by Gasteiger charge is 2.23. The highest BCUT2D eigenvalue weighted by molar-refractivity contribution is 7.98. The average molecular weight is 519 g/mol. The fourth-order valence-corrected chi connectivity index (χ4v) is 5.24. The Morgan fingerprint density at radius 2 is 1.89 bits per heavy atom. The molecule has 35 heavy (non-hydrogen) atoms. The average Bonchev–Trinajstić information content (AvgIpc) is 3.37. The van der Waals surface area contributed by atoms with Gasteiger partial charge in [-0.05, 0) is 17.7 Å². The predicted molar refractivity (Wildman–Crippen MR) is 140 cm³/mol. The van der Waals surface area contributed by atoms with Crippen LogP contribution in [-0.2, 0) is 5.75 Å². The summed E-state index contributed by atoms with van der Waals surface area (Å²) in [5, 5.41) is 23.2. The zero-order valence-electron chi connectivity index (χ0n) is 18.4. The van der Waals surface area contributed by atoms with Crippen LogP contribution in [0.25, 0.3) is 26.5 Å². The monoisotopic (exact) mass is 518 g/mol. The number of ether oxygens (including phenoxy) is 1. The van der Waals surface area contributed by atoms with Gasteiger partial charge in [0.05, 0.1) is 24.4 Å². The Bertz CT molecular complexity index is 1390. The van der Waals surface area contributed by atoms with E-state index in [1.54, 1.807) is 0 Å². The van der Waals surface area contributed by atoms with Crippen molar-refractivity contribution in [2.45, 2.75) is 17.2 Å². The van der Waals surface area contributed by atoms with Crippen LogP contribution in [0.3, 0.4) is 0 Å². The second kappa shape index (κ2) is 11.8. The third-order valence-corrected chi connectivity index (χ3v) is 7.13. The molecule has 0 unspecified atom stereocenters. The number of aliphatic hydroxyl groups excluding tert-OH is 1. The van der Waals surface area contributed by atoms with Crippen molar-refractivity contribution in [3.05, 3.63) is 87.7 Å². The van der Waals surface area contributed by atoms with Crippen molar-refractivity contribution in [1.82, 2.24) is 9.97 Å². The normalized spacial score (nSPS) is 10.5. The van der Waals surface area contributed by atoms with E-state index >= 15 is 0 Å². The molecule has 0 fully saturated rings. The molecule has 2 aromatic carbocycles.